The number of carbonyl (C=O) groups is 1. The van der Waals surface area contributed by atoms with Crippen molar-refractivity contribution >= 4 is 23.3 Å². The van der Waals surface area contributed by atoms with Gasteiger partial charge in [0.05, 0.1) is 22.8 Å². The molecule has 3 heterocycles. The molecule has 1 aromatic rings. The lowest BCUT2D eigenvalue weighted by molar-refractivity contribution is 0.175. The van der Waals surface area contributed by atoms with Crippen LogP contribution in [0.5, 0.6) is 0 Å². The van der Waals surface area contributed by atoms with Crippen LogP contribution < -0.4 is 10.2 Å². The Morgan fingerprint density at radius 2 is 2.30 bits per heavy atom. The van der Waals surface area contributed by atoms with E-state index < -0.39 is 0 Å². The van der Waals surface area contributed by atoms with Crippen molar-refractivity contribution in [2.45, 2.75) is 38.4 Å². The second-order valence-corrected chi connectivity index (χ2v) is 6.09. The Labute approximate surface area is 123 Å². The molecule has 0 aliphatic carbocycles. The maximum atomic E-state index is 12.1. The highest BCUT2D eigenvalue weighted by molar-refractivity contribution is 6.33. The zero-order valence-electron chi connectivity index (χ0n) is 11.7. The van der Waals surface area contributed by atoms with Crippen LogP contribution in [0.3, 0.4) is 0 Å². The molecule has 1 N–H and O–H groups in total. The summed E-state index contributed by atoms with van der Waals surface area (Å²) in [5, 5.41) is 3.76. The van der Waals surface area contributed by atoms with Gasteiger partial charge in [-0.2, -0.15) is 0 Å². The molecule has 2 saturated heterocycles. The van der Waals surface area contributed by atoms with E-state index in [2.05, 4.69) is 29.0 Å². The number of fused-ring (bicyclic) bond motifs is 1. The van der Waals surface area contributed by atoms with Gasteiger partial charge in [-0.25, -0.2) is 4.79 Å². The number of piperidine rings is 1. The van der Waals surface area contributed by atoms with Crippen molar-refractivity contribution in [3.05, 3.63) is 23.5 Å². The third kappa shape index (κ3) is 2.20. The summed E-state index contributed by atoms with van der Waals surface area (Å²) in [4.78, 5) is 20.3. The number of pyridine rings is 1. The SMILES string of the molecule is CC(C)N1C(=O)N[C@@H]2CN(c3ccncc3Cl)CC[C@@H]21. The van der Waals surface area contributed by atoms with Crippen molar-refractivity contribution < 1.29 is 4.79 Å². The lowest BCUT2D eigenvalue weighted by Crippen LogP contribution is -2.52. The average molecular weight is 295 g/mol. The Bertz CT molecular complexity index is 522. The van der Waals surface area contributed by atoms with Gasteiger partial charge in [0, 0.05) is 31.5 Å². The first kappa shape index (κ1) is 13.5. The van der Waals surface area contributed by atoms with E-state index in [1.54, 1.807) is 12.4 Å². The third-order valence-corrected chi connectivity index (χ3v) is 4.42. The maximum Gasteiger partial charge on any atom is 0.318 e. The number of aromatic nitrogens is 1. The molecular weight excluding hydrogens is 276 g/mol. The van der Waals surface area contributed by atoms with Gasteiger partial charge in [-0.05, 0) is 26.3 Å². The molecule has 0 radical (unpaired) electrons. The zero-order chi connectivity index (χ0) is 14.3. The summed E-state index contributed by atoms with van der Waals surface area (Å²) in [5.74, 6) is 0. The Balaban J connectivity index is 1.78. The van der Waals surface area contributed by atoms with E-state index in [0.29, 0.717) is 11.1 Å². The second-order valence-electron chi connectivity index (χ2n) is 5.69. The Morgan fingerprint density at radius 1 is 1.50 bits per heavy atom. The molecule has 5 nitrogen and oxygen atoms in total. The van der Waals surface area contributed by atoms with E-state index in [9.17, 15) is 4.79 Å². The predicted octanol–water partition coefficient (Wildman–Crippen LogP) is 2.12. The van der Waals surface area contributed by atoms with Crippen molar-refractivity contribution in [3.63, 3.8) is 0 Å². The van der Waals surface area contributed by atoms with Crippen LogP contribution in [-0.2, 0) is 0 Å². The van der Waals surface area contributed by atoms with Crippen LogP contribution in [0.4, 0.5) is 10.5 Å². The lowest BCUT2D eigenvalue weighted by atomic mass is 9.98. The first-order valence-corrected chi connectivity index (χ1v) is 7.39. The van der Waals surface area contributed by atoms with Gasteiger partial charge >= 0.3 is 6.03 Å². The van der Waals surface area contributed by atoms with Crippen molar-refractivity contribution in [2.24, 2.45) is 0 Å². The molecule has 0 bridgehead atoms. The molecule has 1 aromatic heterocycles. The molecule has 0 aromatic carbocycles. The van der Waals surface area contributed by atoms with Gasteiger partial charge in [0.1, 0.15) is 0 Å². The summed E-state index contributed by atoms with van der Waals surface area (Å²) < 4.78 is 0. The summed E-state index contributed by atoms with van der Waals surface area (Å²) in [5.41, 5.74) is 0.998. The van der Waals surface area contributed by atoms with Crippen LogP contribution in [-0.4, -0.2) is 47.1 Å². The van der Waals surface area contributed by atoms with E-state index in [1.165, 1.54) is 0 Å². The highest BCUT2D eigenvalue weighted by atomic mass is 35.5. The quantitative estimate of drug-likeness (QED) is 0.909. The number of amides is 2. The van der Waals surface area contributed by atoms with Gasteiger partial charge in [-0.1, -0.05) is 11.6 Å². The molecule has 108 valence electrons. The fourth-order valence-electron chi connectivity index (χ4n) is 3.26. The molecule has 0 unspecified atom stereocenters. The molecule has 2 atom stereocenters. The van der Waals surface area contributed by atoms with Crippen molar-refractivity contribution in [1.29, 1.82) is 0 Å². The smallest absolute Gasteiger partial charge is 0.318 e. The van der Waals surface area contributed by atoms with Crippen LogP contribution >= 0.6 is 11.6 Å². The first-order chi connectivity index (χ1) is 9.58. The van der Waals surface area contributed by atoms with Crippen LogP contribution in [0.25, 0.3) is 0 Å². The minimum absolute atomic E-state index is 0.0534. The van der Waals surface area contributed by atoms with Gasteiger partial charge in [-0.15, -0.1) is 0 Å². The van der Waals surface area contributed by atoms with Crippen molar-refractivity contribution in [3.8, 4) is 0 Å². The molecule has 2 aliphatic rings. The third-order valence-electron chi connectivity index (χ3n) is 4.13. The Morgan fingerprint density at radius 3 is 3.00 bits per heavy atom. The summed E-state index contributed by atoms with van der Waals surface area (Å²) >= 11 is 6.21. The van der Waals surface area contributed by atoms with Crippen LogP contribution in [0.2, 0.25) is 5.02 Å². The van der Waals surface area contributed by atoms with Gasteiger partial charge in [0.2, 0.25) is 0 Å². The fourth-order valence-corrected chi connectivity index (χ4v) is 3.50. The monoisotopic (exact) mass is 294 g/mol. The highest BCUT2D eigenvalue weighted by Gasteiger charge is 2.43. The van der Waals surface area contributed by atoms with Crippen molar-refractivity contribution in [2.75, 3.05) is 18.0 Å². The number of halogens is 1. The topological polar surface area (TPSA) is 48.5 Å². The molecule has 2 aliphatic heterocycles. The molecule has 2 fully saturated rings. The van der Waals surface area contributed by atoms with Gasteiger partial charge in [-0.3, -0.25) is 4.98 Å². The Kier molecular flexibility index (Phi) is 3.46. The maximum absolute atomic E-state index is 12.1. The molecule has 20 heavy (non-hydrogen) atoms. The van der Waals surface area contributed by atoms with Crippen LogP contribution in [0, 0.1) is 0 Å². The summed E-state index contributed by atoms with van der Waals surface area (Å²) in [6, 6.07) is 2.68. The lowest BCUT2D eigenvalue weighted by Gasteiger charge is -2.39. The molecule has 3 rings (SSSR count). The second kappa shape index (κ2) is 5.13. The minimum atomic E-state index is 0.0534. The van der Waals surface area contributed by atoms with Crippen molar-refractivity contribution in [1.82, 2.24) is 15.2 Å². The number of anilines is 1. The van der Waals surface area contributed by atoms with Gasteiger partial charge in [0.15, 0.2) is 0 Å². The highest BCUT2D eigenvalue weighted by Crippen LogP contribution is 2.31. The number of hydrogen-bond acceptors (Lipinski definition) is 3. The Hall–Kier alpha value is -1.49. The normalized spacial score (nSPS) is 25.9. The summed E-state index contributed by atoms with van der Waals surface area (Å²) in [6.45, 7) is 5.83. The number of carbonyl (C=O) groups excluding carboxylic acids is 1. The zero-order valence-corrected chi connectivity index (χ0v) is 12.5. The van der Waals surface area contributed by atoms with E-state index in [4.69, 9.17) is 11.6 Å². The summed E-state index contributed by atoms with van der Waals surface area (Å²) in [6.07, 6.45) is 4.37. The molecule has 0 saturated carbocycles. The predicted molar refractivity (Wildman–Crippen MR) is 79.2 cm³/mol. The number of nitrogens with one attached hydrogen (secondary N) is 1. The minimum Gasteiger partial charge on any atom is -0.368 e. The number of urea groups is 1. The molecular formula is C14H19ClN4O. The average Bonchev–Trinajstić information content (AvgIpc) is 2.74. The fraction of sp³-hybridized carbons (Fsp3) is 0.571. The van der Waals surface area contributed by atoms with E-state index >= 15 is 0 Å². The number of rotatable bonds is 2. The summed E-state index contributed by atoms with van der Waals surface area (Å²) in [7, 11) is 0. The largest absolute Gasteiger partial charge is 0.368 e. The van der Waals surface area contributed by atoms with E-state index in [-0.39, 0.29) is 18.1 Å². The van der Waals surface area contributed by atoms with Crippen LogP contribution in [0.1, 0.15) is 20.3 Å². The van der Waals surface area contributed by atoms with Gasteiger partial charge < -0.3 is 15.1 Å². The van der Waals surface area contributed by atoms with Crippen LogP contribution in [0.15, 0.2) is 18.5 Å². The van der Waals surface area contributed by atoms with E-state index in [1.807, 2.05) is 11.0 Å². The number of hydrogen-bond donors (Lipinski definition) is 1. The number of nitrogens with zero attached hydrogens (tertiary/aromatic N) is 3. The molecule has 0 spiro atoms. The van der Waals surface area contributed by atoms with Gasteiger partial charge in [0.25, 0.3) is 0 Å². The van der Waals surface area contributed by atoms with E-state index in [0.717, 1.165) is 25.2 Å². The first-order valence-electron chi connectivity index (χ1n) is 7.01. The standard InChI is InChI=1S/C14H19ClN4O/c1-9(2)19-13-4-6-18(8-11(13)17-14(19)20)12-3-5-16-7-10(12)15/h3,5,7,9,11,13H,4,6,8H2,1-2H3,(H,17,20)/t11-,13+/m1/s1. The molecule has 2 amide bonds. The molecule has 6 heteroatoms.